The minimum Gasteiger partial charge on any atom is -0.427 e. The molecule has 3 aromatic rings. The summed E-state index contributed by atoms with van der Waals surface area (Å²) in [5, 5.41) is 7.44. The van der Waals surface area contributed by atoms with Gasteiger partial charge in [-0.2, -0.15) is 0 Å². The van der Waals surface area contributed by atoms with Gasteiger partial charge in [0.1, 0.15) is 5.75 Å². The Labute approximate surface area is 127 Å². The molecule has 1 aromatic heterocycles. The smallest absolute Gasteiger partial charge is 0.311 e. The Morgan fingerprint density at radius 2 is 1.82 bits per heavy atom. The predicted molar refractivity (Wildman–Crippen MR) is 80.1 cm³/mol. The normalized spacial score (nSPS) is 10.4. The summed E-state index contributed by atoms with van der Waals surface area (Å²) in [7, 11) is 0. The highest BCUT2D eigenvalue weighted by molar-refractivity contribution is 5.73. The minimum absolute atomic E-state index is 0.255. The van der Waals surface area contributed by atoms with E-state index in [1.165, 1.54) is 6.39 Å². The third-order valence-corrected chi connectivity index (χ3v) is 3.15. The molecule has 0 amide bonds. The summed E-state index contributed by atoms with van der Waals surface area (Å²) >= 11 is 0. The quantitative estimate of drug-likeness (QED) is 0.533. The van der Waals surface area contributed by atoms with Crippen LogP contribution in [0.4, 0.5) is 0 Å². The fourth-order valence-corrected chi connectivity index (χ4v) is 2.04. The average Bonchev–Trinajstić information content (AvgIpc) is 3.09. The molecule has 0 aliphatic carbocycles. The summed E-state index contributed by atoms with van der Waals surface area (Å²) in [5.74, 6) is 0.678. The first-order valence-corrected chi connectivity index (χ1v) is 6.92. The summed E-state index contributed by atoms with van der Waals surface area (Å²) in [6.45, 7) is 0. The minimum atomic E-state index is -0.255. The van der Waals surface area contributed by atoms with Crippen molar-refractivity contribution in [3.8, 4) is 17.2 Å². The molecule has 110 valence electrons. The first-order valence-electron chi connectivity index (χ1n) is 6.92. The molecule has 1 heterocycles. The Bertz CT molecular complexity index is 722. The zero-order valence-corrected chi connectivity index (χ0v) is 11.8. The second-order valence-corrected chi connectivity index (χ2v) is 4.73. The lowest BCUT2D eigenvalue weighted by Crippen LogP contribution is -2.08. The van der Waals surface area contributed by atoms with Gasteiger partial charge in [0.05, 0.1) is 0 Å². The highest BCUT2D eigenvalue weighted by Crippen LogP contribution is 2.20. The van der Waals surface area contributed by atoms with Crippen LogP contribution < -0.4 is 4.74 Å². The standard InChI is InChI=1S/C17H14N2O3/c20-16(11-6-13-4-2-1-3-5-13)22-15-9-7-14(8-10-15)17-19-18-12-21-17/h1-5,7-10,12H,6,11H2. The lowest BCUT2D eigenvalue weighted by atomic mass is 10.1. The van der Waals surface area contributed by atoms with Gasteiger partial charge >= 0.3 is 5.97 Å². The van der Waals surface area contributed by atoms with Crippen LogP contribution >= 0.6 is 0 Å². The van der Waals surface area contributed by atoms with E-state index >= 15 is 0 Å². The Morgan fingerprint density at radius 3 is 2.50 bits per heavy atom. The number of rotatable bonds is 5. The number of hydrogen-bond donors (Lipinski definition) is 0. The maximum absolute atomic E-state index is 11.8. The van der Waals surface area contributed by atoms with Gasteiger partial charge in [-0.05, 0) is 36.2 Å². The van der Waals surface area contributed by atoms with Gasteiger partial charge in [-0.1, -0.05) is 30.3 Å². The molecule has 5 heteroatoms. The first kappa shape index (κ1) is 14.0. The highest BCUT2D eigenvalue weighted by Gasteiger charge is 2.07. The van der Waals surface area contributed by atoms with Crippen molar-refractivity contribution in [2.45, 2.75) is 12.8 Å². The molecule has 0 N–H and O–H groups in total. The van der Waals surface area contributed by atoms with Gasteiger partial charge < -0.3 is 9.15 Å². The lowest BCUT2D eigenvalue weighted by molar-refractivity contribution is -0.134. The van der Waals surface area contributed by atoms with Crippen LogP contribution in [0.2, 0.25) is 0 Å². The van der Waals surface area contributed by atoms with Gasteiger partial charge in [0.15, 0.2) is 0 Å². The van der Waals surface area contributed by atoms with Crippen LogP contribution in [0.25, 0.3) is 11.5 Å². The van der Waals surface area contributed by atoms with Crippen molar-refractivity contribution in [2.75, 3.05) is 0 Å². The summed E-state index contributed by atoms with van der Waals surface area (Å²) < 4.78 is 10.4. The molecule has 3 rings (SSSR count). The number of ether oxygens (including phenoxy) is 1. The number of aromatic nitrogens is 2. The largest absolute Gasteiger partial charge is 0.427 e. The molecule has 2 aromatic carbocycles. The molecule has 0 aliphatic heterocycles. The molecular formula is C17H14N2O3. The van der Waals surface area contributed by atoms with E-state index in [4.69, 9.17) is 9.15 Å². The molecule has 0 fully saturated rings. The third kappa shape index (κ3) is 3.58. The fourth-order valence-electron chi connectivity index (χ4n) is 2.04. The molecule has 0 unspecified atom stereocenters. The molecule has 0 bridgehead atoms. The maximum Gasteiger partial charge on any atom is 0.311 e. The van der Waals surface area contributed by atoms with Gasteiger partial charge in [0, 0.05) is 12.0 Å². The number of esters is 1. The van der Waals surface area contributed by atoms with Crippen LogP contribution in [-0.4, -0.2) is 16.2 Å². The average molecular weight is 294 g/mol. The zero-order valence-electron chi connectivity index (χ0n) is 11.8. The summed E-state index contributed by atoms with van der Waals surface area (Å²) in [5.41, 5.74) is 1.90. The van der Waals surface area contributed by atoms with E-state index in [-0.39, 0.29) is 5.97 Å². The predicted octanol–water partition coefficient (Wildman–Crippen LogP) is 3.27. The summed E-state index contributed by atoms with van der Waals surface area (Å²) in [4.78, 5) is 11.8. The summed E-state index contributed by atoms with van der Waals surface area (Å²) in [6, 6.07) is 16.8. The van der Waals surface area contributed by atoms with Crippen molar-refractivity contribution >= 4 is 5.97 Å². The van der Waals surface area contributed by atoms with Crippen LogP contribution in [0.15, 0.2) is 65.4 Å². The lowest BCUT2D eigenvalue weighted by Gasteiger charge is -2.05. The first-order chi connectivity index (χ1) is 10.8. The van der Waals surface area contributed by atoms with Crippen molar-refractivity contribution in [3.05, 3.63) is 66.6 Å². The molecule has 22 heavy (non-hydrogen) atoms. The van der Waals surface area contributed by atoms with E-state index < -0.39 is 0 Å². The van der Waals surface area contributed by atoms with Crippen LogP contribution in [0, 0.1) is 0 Å². The molecule has 0 spiro atoms. The van der Waals surface area contributed by atoms with E-state index in [1.807, 2.05) is 30.3 Å². The number of aryl methyl sites for hydroxylation is 1. The van der Waals surface area contributed by atoms with Gasteiger partial charge in [-0.3, -0.25) is 4.79 Å². The van der Waals surface area contributed by atoms with Gasteiger partial charge in [-0.15, -0.1) is 10.2 Å². The van der Waals surface area contributed by atoms with Crippen LogP contribution in [-0.2, 0) is 11.2 Å². The second-order valence-electron chi connectivity index (χ2n) is 4.73. The van der Waals surface area contributed by atoms with Crippen LogP contribution in [0.3, 0.4) is 0 Å². The highest BCUT2D eigenvalue weighted by atomic mass is 16.5. The van der Waals surface area contributed by atoms with E-state index in [9.17, 15) is 4.79 Å². The zero-order chi connectivity index (χ0) is 15.2. The fraction of sp³-hybridized carbons (Fsp3) is 0.118. The molecule has 0 aliphatic rings. The Kier molecular flexibility index (Phi) is 4.25. The van der Waals surface area contributed by atoms with Crippen LogP contribution in [0.5, 0.6) is 5.75 Å². The number of hydrogen-bond acceptors (Lipinski definition) is 5. The van der Waals surface area contributed by atoms with Gasteiger partial charge in [-0.25, -0.2) is 0 Å². The van der Waals surface area contributed by atoms with Gasteiger partial charge in [0.2, 0.25) is 12.3 Å². The van der Waals surface area contributed by atoms with E-state index in [0.717, 1.165) is 11.1 Å². The molecule has 5 nitrogen and oxygen atoms in total. The number of benzene rings is 2. The number of carbonyl (C=O) groups excluding carboxylic acids is 1. The summed E-state index contributed by atoms with van der Waals surface area (Å²) in [6.07, 6.45) is 2.28. The Hall–Kier alpha value is -2.95. The Morgan fingerprint density at radius 1 is 1.05 bits per heavy atom. The number of nitrogens with zero attached hydrogens (tertiary/aromatic N) is 2. The monoisotopic (exact) mass is 294 g/mol. The van der Waals surface area contributed by atoms with Crippen molar-refractivity contribution in [1.29, 1.82) is 0 Å². The van der Waals surface area contributed by atoms with E-state index in [0.29, 0.717) is 24.5 Å². The van der Waals surface area contributed by atoms with Crippen LogP contribution in [0.1, 0.15) is 12.0 Å². The van der Waals surface area contributed by atoms with Crippen molar-refractivity contribution < 1.29 is 13.9 Å². The van der Waals surface area contributed by atoms with E-state index in [1.54, 1.807) is 24.3 Å². The van der Waals surface area contributed by atoms with Crippen molar-refractivity contribution in [1.82, 2.24) is 10.2 Å². The molecule has 0 atom stereocenters. The topological polar surface area (TPSA) is 65.2 Å². The van der Waals surface area contributed by atoms with Crippen molar-refractivity contribution in [3.63, 3.8) is 0 Å². The van der Waals surface area contributed by atoms with Crippen molar-refractivity contribution in [2.24, 2.45) is 0 Å². The number of carbonyl (C=O) groups is 1. The Balaban J connectivity index is 1.55. The van der Waals surface area contributed by atoms with Gasteiger partial charge in [0.25, 0.3) is 0 Å². The molecular weight excluding hydrogens is 280 g/mol. The maximum atomic E-state index is 11.8. The third-order valence-electron chi connectivity index (χ3n) is 3.15. The molecule has 0 saturated carbocycles. The molecule has 0 radical (unpaired) electrons. The van der Waals surface area contributed by atoms with E-state index in [2.05, 4.69) is 10.2 Å². The second kappa shape index (κ2) is 6.67. The SMILES string of the molecule is O=C(CCc1ccccc1)Oc1ccc(-c2nnco2)cc1. The molecule has 0 saturated heterocycles.